The van der Waals surface area contributed by atoms with Crippen molar-refractivity contribution in [1.82, 2.24) is 14.7 Å². The van der Waals surface area contributed by atoms with Gasteiger partial charge in [-0.2, -0.15) is 4.98 Å². The first-order valence-electron chi connectivity index (χ1n) is 10.9. The molecule has 0 amide bonds. The maximum absolute atomic E-state index is 14.3. The molecule has 0 saturated heterocycles. The van der Waals surface area contributed by atoms with Crippen LogP contribution in [0.15, 0.2) is 59.6 Å². The first-order valence-corrected chi connectivity index (χ1v) is 14.0. The van der Waals surface area contributed by atoms with E-state index in [4.69, 9.17) is 5.14 Å². The first-order chi connectivity index (χ1) is 16.6. The molecule has 0 radical (unpaired) electrons. The molecule has 2 aromatic carbocycles. The zero-order valence-electron chi connectivity index (χ0n) is 18.6. The Kier molecular flexibility index (Phi) is 7.31. The van der Waals surface area contributed by atoms with E-state index in [1.165, 1.54) is 24.3 Å². The molecule has 1 saturated carbocycles. The van der Waals surface area contributed by atoms with Gasteiger partial charge in [-0.05, 0) is 54.8 Å². The molecule has 1 aliphatic rings. The van der Waals surface area contributed by atoms with Gasteiger partial charge in [-0.1, -0.05) is 25.0 Å². The predicted molar refractivity (Wildman–Crippen MR) is 131 cm³/mol. The lowest BCUT2D eigenvalue weighted by Crippen LogP contribution is -2.32. The van der Waals surface area contributed by atoms with Crippen LogP contribution in [0.25, 0.3) is 0 Å². The Morgan fingerprint density at radius 3 is 2.14 bits per heavy atom. The van der Waals surface area contributed by atoms with Gasteiger partial charge in [0.05, 0.1) is 16.3 Å². The normalized spacial score (nSPS) is 14.7. The number of nitrogens with two attached hydrogens (primary N) is 1. The van der Waals surface area contributed by atoms with Crippen molar-refractivity contribution in [3.05, 3.63) is 66.1 Å². The summed E-state index contributed by atoms with van der Waals surface area (Å²) in [5.74, 6) is -0.651. The lowest BCUT2D eigenvalue weighted by molar-refractivity contribution is 0.564. The third-order valence-electron chi connectivity index (χ3n) is 5.62. The number of halogens is 1. The molecule has 0 unspecified atom stereocenters. The Labute approximate surface area is 203 Å². The highest BCUT2D eigenvalue weighted by Gasteiger charge is 2.28. The van der Waals surface area contributed by atoms with Gasteiger partial charge in [0, 0.05) is 17.9 Å². The minimum Gasteiger partial charge on any atom is -0.338 e. The molecule has 0 aliphatic heterocycles. The van der Waals surface area contributed by atoms with Gasteiger partial charge >= 0.3 is 0 Å². The molecule has 10 nitrogen and oxygen atoms in total. The van der Waals surface area contributed by atoms with Crippen LogP contribution in [0.3, 0.4) is 0 Å². The Bertz CT molecular complexity index is 1390. The standard InChI is InChI=1S/C22H25FN6O4S2/c23-20-14-25-22(28-17-9-11-18(12-10-17)34(24,30)31)29-21(20)27-16-7-5-15(6-8-16)13-26-35(32,33)19-3-1-2-4-19/h5-12,14,19,26H,1-4,13H2,(H2,24,30,31)(H2,25,27,28,29). The molecule has 5 N–H and O–H groups in total. The molecule has 0 atom stereocenters. The average Bonchev–Trinajstić information content (AvgIpc) is 3.37. The summed E-state index contributed by atoms with van der Waals surface area (Å²) in [7, 11) is -7.15. The second-order valence-electron chi connectivity index (χ2n) is 8.18. The molecule has 13 heteroatoms. The Morgan fingerprint density at radius 1 is 0.914 bits per heavy atom. The number of hydrogen-bond acceptors (Lipinski definition) is 8. The van der Waals surface area contributed by atoms with E-state index in [9.17, 15) is 21.2 Å². The van der Waals surface area contributed by atoms with Crippen LogP contribution in [0.4, 0.5) is 27.5 Å². The van der Waals surface area contributed by atoms with E-state index < -0.39 is 25.9 Å². The molecule has 0 bridgehead atoms. The topological polar surface area (TPSA) is 156 Å². The van der Waals surface area contributed by atoms with Crippen LogP contribution in [-0.2, 0) is 26.6 Å². The molecular weight excluding hydrogens is 495 g/mol. The van der Waals surface area contributed by atoms with Gasteiger partial charge in [-0.3, -0.25) is 0 Å². The molecular formula is C22H25FN6O4S2. The highest BCUT2D eigenvalue weighted by Crippen LogP contribution is 2.25. The summed E-state index contributed by atoms with van der Waals surface area (Å²) in [6.07, 6.45) is 4.27. The van der Waals surface area contributed by atoms with Crippen LogP contribution >= 0.6 is 0 Å². The second-order valence-corrected chi connectivity index (χ2v) is 11.8. The van der Waals surface area contributed by atoms with E-state index in [-0.39, 0.29) is 28.5 Å². The monoisotopic (exact) mass is 520 g/mol. The summed E-state index contributed by atoms with van der Waals surface area (Å²) in [6, 6.07) is 12.5. The van der Waals surface area contributed by atoms with Gasteiger partial charge < -0.3 is 10.6 Å². The minimum atomic E-state index is -3.81. The highest BCUT2D eigenvalue weighted by atomic mass is 32.2. The van der Waals surface area contributed by atoms with Gasteiger partial charge in [0.1, 0.15) is 0 Å². The van der Waals surface area contributed by atoms with Crippen molar-refractivity contribution in [2.24, 2.45) is 5.14 Å². The summed E-state index contributed by atoms with van der Waals surface area (Å²) in [5, 5.41) is 10.5. The first kappa shape index (κ1) is 25.0. The fourth-order valence-electron chi connectivity index (χ4n) is 3.72. The highest BCUT2D eigenvalue weighted by molar-refractivity contribution is 7.90. The van der Waals surface area contributed by atoms with Crippen LogP contribution in [0.1, 0.15) is 31.2 Å². The van der Waals surface area contributed by atoms with Gasteiger partial charge in [0.2, 0.25) is 26.0 Å². The summed E-state index contributed by atoms with van der Waals surface area (Å²) < 4.78 is 64.4. The molecule has 1 aromatic heterocycles. The lowest BCUT2D eigenvalue weighted by atomic mass is 10.2. The van der Waals surface area contributed by atoms with Crippen molar-refractivity contribution in [1.29, 1.82) is 0 Å². The fraction of sp³-hybridized carbons (Fsp3) is 0.273. The Balaban J connectivity index is 1.39. The van der Waals surface area contributed by atoms with Gasteiger partial charge in [-0.25, -0.2) is 36.1 Å². The number of nitrogens with zero attached hydrogens (tertiary/aromatic N) is 2. The molecule has 0 spiro atoms. The van der Waals surface area contributed by atoms with Gasteiger partial charge in [0.25, 0.3) is 0 Å². The number of rotatable bonds is 9. The zero-order valence-corrected chi connectivity index (χ0v) is 20.2. The van der Waals surface area contributed by atoms with Gasteiger partial charge in [-0.15, -0.1) is 0 Å². The molecule has 1 heterocycles. The van der Waals surface area contributed by atoms with E-state index in [0.29, 0.717) is 24.2 Å². The molecule has 1 aliphatic carbocycles. The second kappa shape index (κ2) is 10.2. The summed E-state index contributed by atoms with van der Waals surface area (Å²) in [5.41, 5.74) is 1.80. The third kappa shape index (κ3) is 6.51. The minimum absolute atomic E-state index is 0.0415. The zero-order chi connectivity index (χ0) is 25.1. The van der Waals surface area contributed by atoms with Crippen molar-refractivity contribution in [3.63, 3.8) is 0 Å². The maximum atomic E-state index is 14.3. The number of nitrogens with one attached hydrogen (secondary N) is 3. The van der Waals surface area contributed by atoms with Crippen LogP contribution in [-0.4, -0.2) is 32.1 Å². The SMILES string of the molecule is NS(=O)(=O)c1ccc(Nc2ncc(F)c(Nc3ccc(CNS(=O)(=O)C4CCCC4)cc3)n2)cc1. The number of primary sulfonamides is 1. The number of sulfonamides is 2. The van der Waals surface area contributed by atoms with E-state index in [2.05, 4.69) is 25.3 Å². The number of hydrogen-bond donors (Lipinski definition) is 4. The van der Waals surface area contributed by atoms with Crippen molar-refractivity contribution in [2.75, 3.05) is 10.6 Å². The molecule has 35 heavy (non-hydrogen) atoms. The molecule has 4 rings (SSSR count). The largest absolute Gasteiger partial charge is 0.338 e. The molecule has 3 aromatic rings. The smallest absolute Gasteiger partial charge is 0.238 e. The van der Waals surface area contributed by atoms with Crippen LogP contribution in [0, 0.1) is 5.82 Å². The van der Waals surface area contributed by atoms with Crippen molar-refractivity contribution < 1.29 is 21.2 Å². The number of aromatic nitrogens is 2. The number of benzene rings is 2. The lowest BCUT2D eigenvalue weighted by Gasteiger charge is -2.13. The van der Waals surface area contributed by atoms with Crippen LogP contribution in [0.5, 0.6) is 0 Å². The predicted octanol–water partition coefficient (Wildman–Crippen LogP) is 3.11. The van der Waals surface area contributed by atoms with E-state index in [0.717, 1.165) is 24.6 Å². The summed E-state index contributed by atoms with van der Waals surface area (Å²) >= 11 is 0. The number of anilines is 4. The van der Waals surface area contributed by atoms with Gasteiger partial charge in [0.15, 0.2) is 11.6 Å². The molecule has 1 fully saturated rings. The maximum Gasteiger partial charge on any atom is 0.238 e. The third-order valence-corrected chi connectivity index (χ3v) is 8.44. The Hall–Kier alpha value is -3.13. The average molecular weight is 521 g/mol. The Morgan fingerprint density at radius 2 is 1.51 bits per heavy atom. The van der Waals surface area contributed by atoms with Crippen molar-refractivity contribution in [2.45, 2.75) is 42.4 Å². The molecule has 186 valence electrons. The fourth-order valence-corrected chi connectivity index (χ4v) is 5.79. The van der Waals surface area contributed by atoms with E-state index >= 15 is 0 Å². The van der Waals surface area contributed by atoms with E-state index in [1.807, 2.05) is 0 Å². The quantitative estimate of drug-likeness (QED) is 0.335. The van der Waals surface area contributed by atoms with E-state index in [1.54, 1.807) is 24.3 Å². The van der Waals surface area contributed by atoms with Crippen molar-refractivity contribution in [3.8, 4) is 0 Å². The van der Waals surface area contributed by atoms with Crippen LogP contribution in [0.2, 0.25) is 0 Å². The van der Waals surface area contributed by atoms with Crippen molar-refractivity contribution >= 4 is 43.2 Å². The van der Waals surface area contributed by atoms with Crippen LogP contribution < -0.4 is 20.5 Å². The summed E-state index contributed by atoms with van der Waals surface area (Å²) in [6.45, 7) is 0.180. The summed E-state index contributed by atoms with van der Waals surface area (Å²) in [4.78, 5) is 7.98.